The summed E-state index contributed by atoms with van der Waals surface area (Å²) in [6, 6.07) is 3.53. The Morgan fingerprint density at radius 1 is 1.22 bits per heavy atom. The summed E-state index contributed by atoms with van der Waals surface area (Å²) in [4.78, 5) is 37.9. The van der Waals surface area contributed by atoms with Crippen molar-refractivity contribution in [3.05, 3.63) is 41.8 Å². The van der Waals surface area contributed by atoms with Gasteiger partial charge in [0.15, 0.2) is 5.82 Å². The molecule has 0 spiro atoms. The number of carbonyl (C=O) groups excluding carboxylic acids is 2. The van der Waals surface area contributed by atoms with Gasteiger partial charge in [-0.15, -0.1) is 0 Å². The van der Waals surface area contributed by atoms with Gasteiger partial charge >= 0.3 is 0 Å². The molecule has 4 heterocycles. The SMILES string of the molecule is Cc1noc([C@]23CN(C(=O)c4cccnc4)C[C@H]2CN(C(=O)C2CC2)C3)n1. The first-order chi connectivity index (χ1) is 13.1. The topological polar surface area (TPSA) is 92.4 Å². The highest BCUT2D eigenvalue weighted by atomic mass is 16.5. The molecule has 8 heteroatoms. The summed E-state index contributed by atoms with van der Waals surface area (Å²) in [6.45, 7) is 4.00. The highest BCUT2D eigenvalue weighted by molar-refractivity contribution is 5.94. The first-order valence-electron chi connectivity index (χ1n) is 9.36. The Hall–Kier alpha value is -2.77. The third-order valence-corrected chi connectivity index (χ3v) is 6.00. The number of aromatic nitrogens is 3. The summed E-state index contributed by atoms with van der Waals surface area (Å²) in [5.74, 6) is 1.57. The number of aryl methyl sites for hydroxylation is 1. The summed E-state index contributed by atoms with van der Waals surface area (Å²) in [5.41, 5.74) is 0.0872. The van der Waals surface area contributed by atoms with Crippen LogP contribution in [0.5, 0.6) is 0 Å². The van der Waals surface area contributed by atoms with Gasteiger partial charge in [-0.3, -0.25) is 14.6 Å². The maximum absolute atomic E-state index is 12.9. The van der Waals surface area contributed by atoms with E-state index in [1.807, 2.05) is 9.80 Å². The van der Waals surface area contributed by atoms with Crippen molar-refractivity contribution in [2.75, 3.05) is 26.2 Å². The van der Waals surface area contributed by atoms with Crippen LogP contribution >= 0.6 is 0 Å². The van der Waals surface area contributed by atoms with Gasteiger partial charge in [0.05, 0.1) is 11.0 Å². The van der Waals surface area contributed by atoms with Crippen molar-refractivity contribution >= 4 is 11.8 Å². The van der Waals surface area contributed by atoms with Crippen LogP contribution in [-0.2, 0) is 10.2 Å². The molecule has 0 bridgehead atoms. The molecule has 0 unspecified atom stereocenters. The lowest BCUT2D eigenvalue weighted by Gasteiger charge is -2.26. The number of amides is 2. The van der Waals surface area contributed by atoms with Gasteiger partial charge in [0, 0.05) is 50.4 Å². The Morgan fingerprint density at radius 3 is 2.67 bits per heavy atom. The monoisotopic (exact) mass is 367 g/mol. The van der Waals surface area contributed by atoms with Gasteiger partial charge in [0.2, 0.25) is 11.8 Å². The fourth-order valence-electron chi connectivity index (χ4n) is 4.45. The molecule has 2 atom stereocenters. The van der Waals surface area contributed by atoms with E-state index in [4.69, 9.17) is 4.52 Å². The number of nitrogens with zero attached hydrogens (tertiary/aromatic N) is 5. The molecule has 2 aliphatic heterocycles. The van der Waals surface area contributed by atoms with Crippen LogP contribution in [0.1, 0.15) is 34.9 Å². The maximum Gasteiger partial charge on any atom is 0.255 e. The molecular weight excluding hydrogens is 346 g/mol. The Kier molecular flexibility index (Phi) is 3.57. The van der Waals surface area contributed by atoms with E-state index in [1.165, 1.54) is 0 Å². The van der Waals surface area contributed by atoms with Gasteiger partial charge in [-0.2, -0.15) is 4.98 Å². The van der Waals surface area contributed by atoms with E-state index in [9.17, 15) is 9.59 Å². The molecule has 0 radical (unpaired) electrons. The molecule has 8 nitrogen and oxygen atoms in total. The number of hydrogen-bond donors (Lipinski definition) is 0. The molecule has 1 aliphatic carbocycles. The molecule has 2 aromatic heterocycles. The lowest BCUT2D eigenvalue weighted by molar-refractivity contribution is -0.131. The molecule has 3 aliphatic rings. The summed E-state index contributed by atoms with van der Waals surface area (Å²) < 4.78 is 5.54. The summed E-state index contributed by atoms with van der Waals surface area (Å²) in [6.07, 6.45) is 5.21. The van der Waals surface area contributed by atoms with Crippen molar-refractivity contribution in [2.24, 2.45) is 11.8 Å². The Labute approximate surface area is 156 Å². The van der Waals surface area contributed by atoms with Crippen LogP contribution in [0.2, 0.25) is 0 Å². The fraction of sp³-hybridized carbons (Fsp3) is 0.526. The van der Waals surface area contributed by atoms with E-state index in [0.717, 1.165) is 12.8 Å². The zero-order valence-corrected chi connectivity index (χ0v) is 15.2. The predicted molar refractivity (Wildman–Crippen MR) is 93.6 cm³/mol. The summed E-state index contributed by atoms with van der Waals surface area (Å²) in [5, 5.41) is 3.96. The summed E-state index contributed by atoms with van der Waals surface area (Å²) in [7, 11) is 0. The van der Waals surface area contributed by atoms with E-state index in [2.05, 4.69) is 15.1 Å². The second-order valence-electron chi connectivity index (χ2n) is 7.92. The normalized spacial score (nSPS) is 27.1. The maximum atomic E-state index is 12.9. The van der Waals surface area contributed by atoms with Gasteiger partial charge in [-0.05, 0) is 31.9 Å². The number of likely N-dealkylation sites (tertiary alicyclic amines) is 2. The highest BCUT2D eigenvalue weighted by Gasteiger charge is 2.59. The van der Waals surface area contributed by atoms with Crippen molar-refractivity contribution in [1.29, 1.82) is 0 Å². The zero-order chi connectivity index (χ0) is 18.6. The minimum absolute atomic E-state index is 0.0480. The van der Waals surface area contributed by atoms with Crippen LogP contribution in [-0.4, -0.2) is 62.9 Å². The van der Waals surface area contributed by atoms with Gasteiger partial charge in [-0.1, -0.05) is 5.16 Å². The van der Waals surface area contributed by atoms with E-state index >= 15 is 0 Å². The molecule has 0 N–H and O–H groups in total. The molecule has 3 fully saturated rings. The second-order valence-corrected chi connectivity index (χ2v) is 7.92. The molecule has 5 rings (SSSR count). The van der Waals surface area contributed by atoms with E-state index in [0.29, 0.717) is 43.5 Å². The minimum atomic E-state index is -0.482. The molecule has 140 valence electrons. The van der Waals surface area contributed by atoms with Crippen molar-refractivity contribution in [1.82, 2.24) is 24.9 Å². The fourth-order valence-corrected chi connectivity index (χ4v) is 4.45. The molecule has 2 amide bonds. The first-order valence-corrected chi connectivity index (χ1v) is 9.36. The number of pyridine rings is 1. The standard InChI is InChI=1S/C19H21N5O3/c1-12-21-18(27-22-12)19-10-23(16(25)13-4-5-13)8-15(19)9-24(11-19)17(26)14-3-2-6-20-7-14/h2-3,6-7,13,15H,4-5,8-11H2,1H3/t15-,19-/m1/s1. The first kappa shape index (κ1) is 16.4. The molecule has 27 heavy (non-hydrogen) atoms. The van der Waals surface area contributed by atoms with Crippen LogP contribution < -0.4 is 0 Å². The molecule has 1 saturated carbocycles. The van der Waals surface area contributed by atoms with Gasteiger partial charge < -0.3 is 14.3 Å². The van der Waals surface area contributed by atoms with Gasteiger partial charge in [0.25, 0.3) is 5.91 Å². The van der Waals surface area contributed by atoms with Gasteiger partial charge in [0.1, 0.15) is 0 Å². The van der Waals surface area contributed by atoms with Crippen molar-refractivity contribution in [2.45, 2.75) is 25.2 Å². The van der Waals surface area contributed by atoms with Gasteiger partial charge in [-0.25, -0.2) is 0 Å². The molecule has 2 aromatic rings. The average molecular weight is 367 g/mol. The summed E-state index contributed by atoms with van der Waals surface area (Å²) >= 11 is 0. The third kappa shape index (κ3) is 2.62. The van der Waals surface area contributed by atoms with Crippen LogP contribution in [0.15, 0.2) is 29.0 Å². The average Bonchev–Trinajstić information content (AvgIpc) is 3.18. The number of carbonyl (C=O) groups is 2. The van der Waals surface area contributed by atoms with Crippen LogP contribution in [0.3, 0.4) is 0 Å². The van der Waals surface area contributed by atoms with Crippen molar-refractivity contribution < 1.29 is 14.1 Å². The molecule has 0 aromatic carbocycles. The molecular formula is C19H21N5O3. The van der Waals surface area contributed by atoms with E-state index in [1.54, 1.807) is 31.5 Å². The largest absolute Gasteiger partial charge is 0.341 e. The number of fused-ring (bicyclic) bond motifs is 1. The predicted octanol–water partition coefficient (Wildman–Crippen LogP) is 1.04. The quantitative estimate of drug-likeness (QED) is 0.805. The minimum Gasteiger partial charge on any atom is -0.341 e. The second kappa shape index (κ2) is 5.87. The van der Waals surface area contributed by atoms with E-state index < -0.39 is 5.41 Å². The highest BCUT2D eigenvalue weighted by Crippen LogP contribution is 2.46. The van der Waals surface area contributed by atoms with E-state index in [-0.39, 0.29) is 23.7 Å². The molecule has 2 saturated heterocycles. The Bertz CT molecular complexity index is 894. The number of hydrogen-bond acceptors (Lipinski definition) is 6. The lowest BCUT2D eigenvalue weighted by atomic mass is 9.81. The lowest BCUT2D eigenvalue weighted by Crippen LogP contribution is -2.41. The van der Waals surface area contributed by atoms with Crippen LogP contribution in [0, 0.1) is 18.8 Å². The third-order valence-electron chi connectivity index (χ3n) is 6.00. The van der Waals surface area contributed by atoms with Crippen molar-refractivity contribution in [3.8, 4) is 0 Å². The Balaban J connectivity index is 1.45. The van der Waals surface area contributed by atoms with Crippen molar-refractivity contribution in [3.63, 3.8) is 0 Å². The smallest absolute Gasteiger partial charge is 0.255 e. The van der Waals surface area contributed by atoms with Crippen LogP contribution in [0.4, 0.5) is 0 Å². The zero-order valence-electron chi connectivity index (χ0n) is 15.2. The Morgan fingerprint density at radius 2 is 2.00 bits per heavy atom. The number of rotatable bonds is 3. The van der Waals surface area contributed by atoms with Crippen LogP contribution in [0.25, 0.3) is 0 Å².